The molecule has 1 aromatic carbocycles. The van der Waals surface area contributed by atoms with E-state index in [4.69, 9.17) is 5.73 Å². The van der Waals surface area contributed by atoms with Crippen LogP contribution in [0.1, 0.15) is 44.7 Å². The zero-order valence-electron chi connectivity index (χ0n) is 11.3. The van der Waals surface area contributed by atoms with E-state index in [0.717, 1.165) is 6.54 Å². The second kappa shape index (κ2) is 5.81. The first-order valence-corrected chi connectivity index (χ1v) is 6.85. The molecule has 1 heterocycles. The number of likely N-dealkylation sites (tertiary alicyclic amines) is 1. The number of piperidine rings is 1. The Kier molecular flexibility index (Phi) is 4.36. The molecule has 0 saturated carbocycles. The normalized spacial score (nSPS) is 27.1. The smallest absolute Gasteiger partial charge is 0.128 e. The molecular formula is C15H23FN2. The highest BCUT2D eigenvalue weighted by Gasteiger charge is 2.26. The van der Waals surface area contributed by atoms with Crippen molar-refractivity contribution in [3.8, 4) is 0 Å². The lowest BCUT2D eigenvalue weighted by Gasteiger charge is -2.40. The summed E-state index contributed by atoms with van der Waals surface area (Å²) in [4.78, 5) is 2.42. The van der Waals surface area contributed by atoms with Crippen LogP contribution in [0.25, 0.3) is 0 Å². The van der Waals surface area contributed by atoms with Gasteiger partial charge in [-0.2, -0.15) is 0 Å². The molecule has 0 aliphatic carbocycles. The third kappa shape index (κ3) is 2.90. The van der Waals surface area contributed by atoms with E-state index in [-0.39, 0.29) is 11.9 Å². The third-order valence-electron chi connectivity index (χ3n) is 4.09. The third-order valence-corrected chi connectivity index (χ3v) is 4.09. The van der Waals surface area contributed by atoms with Crippen LogP contribution in [-0.2, 0) is 0 Å². The lowest BCUT2D eigenvalue weighted by Crippen LogP contribution is -2.46. The molecule has 100 valence electrons. The van der Waals surface area contributed by atoms with Gasteiger partial charge in [-0.3, -0.25) is 4.90 Å². The van der Waals surface area contributed by atoms with Crippen LogP contribution in [0.5, 0.6) is 0 Å². The molecule has 1 saturated heterocycles. The minimum absolute atomic E-state index is 0.192. The lowest BCUT2D eigenvalue weighted by atomic mass is 9.95. The number of nitrogens with zero attached hydrogens (tertiary/aromatic N) is 1. The van der Waals surface area contributed by atoms with Crippen LogP contribution in [0, 0.1) is 5.82 Å². The summed E-state index contributed by atoms with van der Waals surface area (Å²) in [6, 6.07) is 7.68. The van der Waals surface area contributed by atoms with E-state index in [1.54, 1.807) is 12.1 Å². The summed E-state index contributed by atoms with van der Waals surface area (Å²) in [5, 5.41) is 0. The van der Waals surface area contributed by atoms with E-state index in [1.807, 2.05) is 6.07 Å². The fraction of sp³-hybridized carbons (Fsp3) is 0.600. The number of halogens is 1. The molecule has 1 fully saturated rings. The van der Waals surface area contributed by atoms with Crippen LogP contribution in [-0.4, -0.2) is 23.5 Å². The molecule has 0 amide bonds. The Morgan fingerprint density at radius 3 is 2.50 bits per heavy atom. The zero-order chi connectivity index (χ0) is 13.1. The lowest BCUT2D eigenvalue weighted by molar-refractivity contribution is 0.0957. The topological polar surface area (TPSA) is 29.3 Å². The average molecular weight is 250 g/mol. The molecule has 1 aromatic rings. The van der Waals surface area contributed by atoms with Gasteiger partial charge in [0, 0.05) is 30.2 Å². The molecule has 0 aromatic heterocycles. The van der Waals surface area contributed by atoms with Crippen molar-refractivity contribution in [3.05, 3.63) is 35.6 Å². The van der Waals surface area contributed by atoms with Gasteiger partial charge in [-0.15, -0.1) is 0 Å². The second-order valence-electron chi connectivity index (χ2n) is 5.45. The van der Waals surface area contributed by atoms with Crippen LogP contribution in [0.2, 0.25) is 0 Å². The van der Waals surface area contributed by atoms with Crippen molar-refractivity contribution in [3.63, 3.8) is 0 Å². The number of hydrogen-bond acceptors (Lipinski definition) is 2. The minimum atomic E-state index is -0.241. The molecule has 0 radical (unpaired) electrons. The summed E-state index contributed by atoms with van der Waals surface area (Å²) in [5.74, 6) is -0.192. The van der Waals surface area contributed by atoms with Gasteiger partial charge < -0.3 is 5.73 Å². The van der Waals surface area contributed by atoms with Gasteiger partial charge in [0.05, 0.1) is 0 Å². The maximum absolute atomic E-state index is 13.7. The van der Waals surface area contributed by atoms with E-state index in [0.29, 0.717) is 17.6 Å². The molecule has 0 bridgehead atoms. The van der Waals surface area contributed by atoms with Crippen molar-refractivity contribution < 1.29 is 4.39 Å². The summed E-state index contributed by atoms with van der Waals surface area (Å²) in [6.45, 7) is 5.22. The molecule has 0 spiro atoms. The monoisotopic (exact) mass is 250 g/mol. The van der Waals surface area contributed by atoms with Gasteiger partial charge in [0.25, 0.3) is 0 Å². The first kappa shape index (κ1) is 13.5. The Hall–Kier alpha value is -0.930. The fourth-order valence-corrected chi connectivity index (χ4v) is 2.94. The highest BCUT2D eigenvalue weighted by atomic mass is 19.1. The van der Waals surface area contributed by atoms with Crippen LogP contribution in [0.4, 0.5) is 4.39 Å². The molecule has 18 heavy (non-hydrogen) atoms. The molecule has 2 rings (SSSR count). The van der Waals surface area contributed by atoms with Crippen molar-refractivity contribution in [1.82, 2.24) is 4.90 Å². The maximum atomic E-state index is 13.7. The average Bonchev–Trinajstić information content (AvgIpc) is 2.34. The Morgan fingerprint density at radius 2 is 1.89 bits per heavy atom. The number of rotatable bonds is 3. The van der Waals surface area contributed by atoms with Crippen molar-refractivity contribution in [2.24, 2.45) is 5.73 Å². The molecule has 2 nitrogen and oxygen atoms in total. The van der Waals surface area contributed by atoms with Gasteiger partial charge in [0.2, 0.25) is 0 Å². The molecule has 2 N–H and O–H groups in total. The van der Waals surface area contributed by atoms with Crippen molar-refractivity contribution in [2.45, 2.75) is 51.2 Å². The van der Waals surface area contributed by atoms with Crippen LogP contribution in [0.15, 0.2) is 24.3 Å². The zero-order valence-corrected chi connectivity index (χ0v) is 11.3. The largest absolute Gasteiger partial charge is 0.323 e. The molecule has 1 aliphatic rings. The standard InChI is InChI=1S/C15H23FN2/c1-11-6-5-7-12(2)18(11)10-15(17)13-8-3-4-9-14(13)16/h3-4,8-9,11-12,15H,5-7,10,17H2,1-2H3. The van der Waals surface area contributed by atoms with Crippen molar-refractivity contribution in [1.29, 1.82) is 0 Å². The van der Waals surface area contributed by atoms with Gasteiger partial charge in [-0.1, -0.05) is 24.6 Å². The minimum Gasteiger partial charge on any atom is -0.323 e. The predicted octanol–water partition coefficient (Wildman–Crippen LogP) is 3.09. The van der Waals surface area contributed by atoms with Gasteiger partial charge in [-0.05, 0) is 32.8 Å². The predicted molar refractivity (Wildman–Crippen MR) is 72.8 cm³/mol. The molecule has 1 aliphatic heterocycles. The highest BCUT2D eigenvalue weighted by Crippen LogP contribution is 2.25. The summed E-state index contributed by atoms with van der Waals surface area (Å²) < 4.78 is 13.7. The fourth-order valence-electron chi connectivity index (χ4n) is 2.94. The summed E-state index contributed by atoms with van der Waals surface area (Å²) in [7, 11) is 0. The van der Waals surface area contributed by atoms with Crippen molar-refractivity contribution >= 4 is 0 Å². The van der Waals surface area contributed by atoms with Gasteiger partial charge in [0.15, 0.2) is 0 Å². The Labute approximate surface area is 109 Å². The molecule has 3 heteroatoms. The van der Waals surface area contributed by atoms with E-state index >= 15 is 0 Å². The van der Waals surface area contributed by atoms with Gasteiger partial charge in [0.1, 0.15) is 5.82 Å². The first-order valence-electron chi connectivity index (χ1n) is 6.85. The SMILES string of the molecule is CC1CCCC(C)N1CC(N)c1ccccc1F. The number of nitrogens with two attached hydrogens (primary N) is 1. The quantitative estimate of drug-likeness (QED) is 0.893. The number of benzene rings is 1. The molecular weight excluding hydrogens is 227 g/mol. The van der Waals surface area contributed by atoms with E-state index in [2.05, 4.69) is 18.7 Å². The number of hydrogen-bond donors (Lipinski definition) is 1. The first-order chi connectivity index (χ1) is 8.59. The van der Waals surface area contributed by atoms with E-state index < -0.39 is 0 Å². The van der Waals surface area contributed by atoms with Gasteiger partial charge in [-0.25, -0.2) is 4.39 Å². The maximum Gasteiger partial charge on any atom is 0.128 e. The van der Waals surface area contributed by atoms with Crippen LogP contribution < -0.4 is 5.73 Å². The second-order valence-corrected chi connectivity index (χ2v) is 5.45. The molecule has 3 unspecified atom stereocenters. The summed E-state index contributed by atoms with van der Waals surface area (Å²) >= 11 is 0. The Balaban J connectivity index is 2.06. The van der Waals surface area contributed by atoms with Crippen molar-refractivity contribution in [2.75, 3.05) is 6.54 Å². The highest BCUT2D eigenvalue weighted by molar-refractivity contribution is 5.21. The Bertz CT molecular complexity index is 384. The molecule has 3 atom stereocenters. The van der Waals surface area contributed by atoms with E-state index in [1.165, 1.54) is 25.3 Å². The van der Waals surface area contributed by atoms with Crippen LogP contribution in [0.3, 0.4) is 0 Å². The Morgan fingerprint density at radius 1 is 1.28 bits per heavy atom. The summed E-state index contributed by atoms with van der Waals surface area (Å²) in [5.41, 5.74) is 6.80. The van der Waals surface area contributed by atoms with Gasteiger partial charge >= 0.3 is 0 Å². The van der Waals surface area contributed by atoms with Crippen LogP contribution >= 0.6 is 0 Å². The summed E-state index contributed by atoms with van der Waals surface area (Å²) in [6.07, 6.45) is 3.72. The van der Waals surface area contributed by atoms with E-state index in [9.17, 15) is 4.39 Å².